The number of rotatable bonds is 10. The number of oxazole rings is 1. The van der Waals surface area contributed by atoms with E-state index in [0.29, 0.717) is 59.5 Å². The van der Waals surface area contributed by atoms with Crippen molar-refractivity contribution in [3.05, 3.63) is 88.5 Å². The minimum Gasteiger partial charge on any atom is -0.480 e. The Kier molecular flexibility index (Phi) is 9.58. The van der Waals surface area contributed by atoms with Crippen LogP contribution in [0.5, 0.6) is 5.75 Å². The molecule has 2 N–H and O–H groups in total. The van der Waals surface area contributed by atoms with Gasteiger partial charge in [-0.15, -0.1) is 0 Å². The molecule has 0 unspecified atom stereocenters. The van der Waals surface area contributed by atoms with E-state index in [0.717, 1.165) is 48.2 Å². The number of fused-ring (bicyclic) bond motifs is 2. The third-order valence-electron chi connectivity index (χ3n) is 10.8. The number of aromatic amines is 1. The Hall–Kier alpha value is -5.34. The number of hydrogen-bond acceptors (Lipinski definition) is 7. The Bertz CT molecular complexity index is 2420. The average Bonchev–Trinajstić information content (AvgIpc) is 3.95. The van der Waals surface area contributed by atoms with E-state index in [-0.39, 0.29) is 34.8 Å². The first-order chi connectivity index (χ1) is 26.3. The smallest absolute Gasteiger partial charge is 0.418 e. The number of nitrogens with one attached hydrogen (secondary N) is 1. The second kappa shape index (κ2) is 14.4. The predicted octanol–water partition coefficient (Wildman–Crippen LogP) is 9.59. The molecule has 0 aliphatic carbocycles. The lowest BCUT2D eigenvalue weighted by Crippen LogP contribution is -2.35. The summed E-state index contributed by atoms with van der Waals surface area (Å²) in [5.41, 5.74) is 5.57. The molecule has 4 aromatic carbocycles. The number of likely N-dealkylation sites (tertiary alicyclic amines) is 2. The first kappa shape index (κ1) is 36.6. The van der Waals surface area contributed by atoms with Crippen LogP contribution in [-0.4, -0.2) is 68.1 Å². The van der Waals surface area contributed by atoms with E-state index in [2.05, 4.69) is 14.9 Å². The highest BCUT2D eigenvalue weighted by Gasteiger charge is 2.35. The van der Waals surface area contributed by atoms with Crippen LogP contribution in [0.1, 0.15) is 53.5 Å². The van der Waals surface area contributed by atoms with Crippen LogP contribution in [0.3, 0.4) is 0 Å². The number of carboxylic acids is 1. The second-order valence-corrected chi connectivity index (χ2v) is 14.4. The van der Waals surface area contributed by atoms with Crippen LogP contribution in [0.4, 0.5) is 22.0 Å². The van der Waals surface area contributed by atoms with Crippen molar-refractivity contribution in [2.45, 2.75) is 71.4 Å². The first-order valence-corrected chi connectivity index (χ1v) is 18.2. The minimum atomic E-state index is -4.57. The number of carbonyl (C=O) groups is 1. The van der Waals surface area contributed by atoms with Crippen molar-refractivity contribution >= 4 is 28.1 Å². The molecule has 0 amide bonds. The zero-order valence-electron chi connectivity index (χ0n) is 30.1. The summed E-state index contributed by atoms with van der Waals surface area (Å²) in [6.45, 7) is 3.44. The van der Waals surface area contributed by atoms with E-state index in [1.807, 2.05) is 50.2 Å². The van der Waals surface area contributed by atoms with Gasteiger partial charge < -0.3 is 19.2 Å². The molecule has 0 spiro atoms. The fraction of sp³-hybridized carbons (Fsp3) is 0.341. The predicted molar refractivity (Wildman–Crippen MR) is 197 cm³/mol. The van der Waals surface area contributed by atoms with Gasteiger partial charge in [-0.2, -0.15) is 22.0 Å². The number of benzene rings is 4. The van der Waals surface area contributed by atoms with Crippen molar-refractivity contribution < 1.29 is 41.0 Å². The summed E-state index contributed by atoms with van der Waals surface area (Å²) in [5.74, 6) is -0.513. The van der Waals surface area contributed by atoms with Crippen molar-refractivity contribution in [2.75, 3.05) is 19.6 Å². The van der Waals surface area contributed by atoms with Gasteiger partial charge in [0.15, 0.2) is 5.58 Å². The number of carboxylic acid groups (broad SMARTS) is 1. The van der Waals surface area contributed by atoms with E-state index >= 15 is 0 Å². The standard InChI is InChI=1S/C41H38F5N5O4/c1-22-26(8-5-10-28(22)37-47-32-17-24(20-50-13-3-4-14-50)16-30(36(32)49-37)41(44,45)46)27-9-6-11-29(23(27)2)38-48-31-18-25(21-51-15-7-12-33(51)39(52)53)34(55-40(42)43)19-35(31)54-38/h5-6,8-11,16-19,33,40H,3-4,7,12-15,20-21H2,1-2H3,(H,47,49)(H,52,53)/t33-/m0/s1. The number of imidazole rings is 1. The maximum atomic E-state index is 14.4. The highest BCUT2D eigenvalue weighted by atomic mass is 19.4. The molecule has 9 nitrogen and oxygen atoms in total. The Labute approximate surface area is 312 Å². The Morgan fingerprint density at radius 2 is 1.60 bits per heavy atom. The van der Waals surface area contributed by atoms with Crippen LogP contribution in [0.15, 0.2) is 65.1 Å². The van der Waals surface area contributed by atoms with E-state index in [9.17, 15) is 31.9 Å². The monoisotopic (exact) mass is 759 g/mol. The molecule has 1 atom stereocenters. The lowest BCUT2D eigenvalue weighted by atomic mass is 9.91. The highest BCUT2D eigenvalue weighted by molar-refractivity contribution is 5.87. The summed E-state index contributed by atoms with van der Waals surface area (Å²) in [4.78, 5) is 28.1. The molecule has 2 fully saturated rings. The molecule has 4 heterocycles. The zero-order chi connectivity index (χ0) is 38.6. The van der Waals surface area contributed by atoms with E-state index < -0.39 is 30.4 Å². The molecule has 8 rings (SSSR count). The topological polar surface area (TPSA) is 108 Å². The molecule has 55 heavy (non-hydrogen) atoms. The SMILES string of the molecule is Cc1c(-c2nc3cc(CN4CCCC4)cc(C(F)(F)F)c3[nH]2)cccc1-c1cccc(-c2nc3cc(CN4CCC[C@H]4C(=O)O)c(OC(F)F)cc3o2)c1C. The first-order valence-electron chi connectivity index (χ1n) is 18.2. The number of hydrogen-bond donors (Lipinski definition) is 2. The Morgan fingerprint density at radius 3 is 2.29 bits per heavy atom. The van der Waals surface area contributed by atoms with Crippen molar-refractivity contribution in [1.29, 1.82) is 0 Å². The molecule has 0 radical (unpaired) electrons. The van der Waals surface area contributed by atoms with Crippen molar-refractivity contribution in [3.63, 3.8) is 0 Å². The van der Waals surface area contributed by atoms with E-state index in [4.69, 9.17) is 14.1 Å². The van der Waals surface area contributed by atoms with E-state index in [1.165, 1.54) is 12.1 Å². The quantitative estimate of drug-likeness (QED) is 0.133. The Morgan fingerprint density at radius 1 is 0.909 bits per heavy atom. The number of H-pyrrole nitrogens is 1. The molecule has 286 valence electrons. The molecule has 2 aliphatic heterocycles. The number of alkyl halides is 5. The van der Waals surface area contributed by atoms with Gasteiger partial charge in [0, 0.05) is 35.8 Å². The van der Waals surface area contributed by atoms with Crippen LogP contribution < -0.4 is 4.74 Å². The molecule has 2 saturated heterocycles. The van der Waals surface area contributed by atoms with Crippen molar-refractivity contribution in [1.82, 2.24) is 24.8 Å². The maximum absolute atomic E-state index is 14.4. The van der Waals surface area contributed by atoms with Gasteiger partial charge in [-0.3, -0.25) is 14.6 Å². The highest BCUT2D eigenvalue weighted by Crippen LogP contribution is 2.40. The normalized spacial score (nSPS) is 17.0. The van der Waals surface area contributed by atoms with Crippen LogP contribution in [0, 0.1) is 13.8 Å². The van der Waals surface area contributed by atoms with Crippen molar-refractivity contribution in [3.8, 4) is 39.7 Å². The number of aliphatic carboxylic acids is 1. The third kappa shape index (κ3) is 7.16. The van der Waals surface area contributed by atoms with Crippen LogP contribution in [0.25, 0.3) is 56.1 Å². The van der Waals surface area contributed by atoms with Gasteiger partial charge >= 0.3 is 18.8 Å². The van der Waals surface area contributed by atoms with Crippen LogP contribution in [-0.2, 0) is 24.1 Å². The number of halogens is 5. The zero-order valence-corrected chi connectivity index (χ0v) is 30.1. The second-order valence-electron chi connectivity index (χ2n) is 14.4. The summed E-state index contributed by atoms with van der Waals surface area (Å²) in [6.07, 6.45) is -1.37. The largest absolute Gasteiger partial charge is 0.480 e. The van der Waals surface area contributed by atoms with Gasteiger partial charge in [0.05, 0.1) is 16.6 Å². The molecule has 6 aromatic rings. The summed E-state index contributed by atoms with van der Waals surface area (Å²) >= 11 is 0. The van der Waals surface area contributed by atoms with Crippen LogP contribution in [0.2, 0.25) is 0 Å². The molecule has 0 saturated carbocycles. The lowest BCUT2D eigenvalue weighted by molar-refractivity contribution is -0.142. The summed E-state index contributed by atoms with van der Waals surface area (Å²) < 4.78 is 81.0. The molecule has 14 heteroatoms. The van der Waals surface area contributed by atoms with Gasteiger partial charge in [0.2, 0.25) is 5.89 Å². The maximum Gasteiger partial charge on any atom is 0.418 e. The fourth-order valence-electron chi connectivity index (χ4n) is 8.11. The Balaban J connectivity index is 1.15. The molecule has 2 aromatic heterocycles. The van der Waals surface area contributed by atoms with Gasteiger partial charge in [-0.1, -0.05) is 30.3 Å². The number of aromatic nitrogens is 3. The molecule has 0 bridgehead atoms. The van der Waals surface area contributed by atoms with Gasteiger partial charge in [-0.05, 0) is 111 Å². The average molecular weight is 760 g/mol. The molecular formula is C41H38F5N5O4. The van der Waals surface area contributed by atoms with Gasteiger partial charge in [-0.25, -0.2) is 9.97 Å². The fourth-order valence-corrected chi connectivity index (χ4v) is 8.11. The summed E-state index contributed by atoms with van der Waals surface area (Å²) in [5, 5.41) is 9.65. The van der Waals surface area contributed by atoms with Crippen molar-refractivity contribution in [2.24, 2.45) is 0 Å². The molecular weight excluding hydrogens is 721 g/mol. The minimum absolute atomic E-state index is 0.0565. The lowest BCUT2D eigenvalue weighted by Gasteiger charge is -2.22. The summed E-state index contributed by atoms with van der Waals surface area (Å²) in [6, 6.07) is 16.4. The van der Waals surface area contributed by atoms with Gasteiger partial charge in [0.25, 0.3) is 0 Å². The third-order valence-corrected chi connectivity index (χ3v) is 10.8. The van der Waals surface area contributed by atoms with Gasteiger partial charge in [0.1, 0.15) is 23.1 Å². The summed E-state index contributed by atoms with van der Waals surface area (Å²) in [7, 11) is 0. The number of nitrogens with zero attached hydrogens (tertiary/aromatic N) is 4. The number of ether oxygens (including phenoxy) is 1. The molecule has 2 aliphatic rings. The van der Waals surface area contributed by atoms with Crippen LogP contribution >= 0.6 is 0 Å². The van der Waals surface area contributed by atoms with E-state index in [1.54, 1.807) is 17.0 Å².